The third kappa shape index (κ3) is 4.42. The largest absolute Gasteiger partial charge is 0.462 e. The van der Waals surface area contributed by atoms with Gasteiger partial charge in [0.2, 0.25) is 0 Å². The minimum absolute atomic E-state index is 0.000890. The lowest BCUT2D eigenvalue weighted by molar-refractivity contribution is -0.118. The van der Waals surface area contributed by atoms with Gasteiger partial charge in [-0.05, 0) is 38.2 Å². The second-order valence-corrected chi connectivity index (χ2v) is 7.63. The first-order valence-electron chi connectivity index (χ1n) is 10.2. The Hall–Kier alpha value is -2.89. The lowest BCUT2D eigenvalue weighted by Gasteiger charge is -2.29. The first kappa shape index (κ1) is 20.8. The Balaban J connectivity index is 1.97. The van der Waals surface area contributed by atoms with E-state index in [9.17, 15) is 14.4 Å². The highest BCUT2D eigenvalue weighted by atomic mass is 16.5. The number of nitrogens with one attached hydrogen (secondary N) is 2. The van der Waals surface area contributed by atoms with Crippen molar-refractivity contribution in [3.05, 3.63) is 47.3 Å². The Morgan fingerprint density at radius 1 is 1.14 bits per heavy atom. The topological polar surface area (TPSA) is 88.3 Å². The Morgan fingerprint density at radius 2 is 1.83 bits per heavy atom. The van der Waals surface area contributed by atoms with Crippen LogP contribution < -0.4 is 5.32 Å². The van der Waals surface area contributed by atoms with Gasteiger partial charge in [0.15, 0.2) is 0 Å². The molecule has 3 rings (SSSR count). The number of aromatic amines is 1. The number of H-pyrrole nitrogens is 1. The number of hydrogen-bond acceptors (Lipinski definition) is 4. The van der Waals surface area contributed by atoms with Crippen LogP contribution in [0, 0.1) is 12.8 Å². The number of ether oxygens (including phenoxy) is 1. The zero-order chi connectivity index (χ0) is 21.0. The molecule has 0 spiro atoms. The predicted octanol–water partition coefficient (Wildman–Crippen LogP) is 4.04. The molecule has 0 aliphatic heterocycles. The van der Waals surface area contributed by atoms with Gasteiger partial charge in [0.05, 0.1) is 12.2 Å². The van der Waals surface area contributed by atoms with Crippen molar-refractivity contribution < 1.29 is 19.1 Å². The zero-order valence-corrected chi connectivity index (χ0v) is 17.2. The van der Waals surface area contributed by atoms with Crippen LogP contribution in [0.4, 0.5) is 0 Å². The smallest absolute Gasteiger partial charge is 0.340 e. The van der Waals surface area contributed by atoms with E-state index in [4.69, 9.17) is 4.74 Å². The quantitative estimate of drug-likeness (QED) is 0.438. The zero-order valence-electron chi connectivity index (χ0n) is 17.2. The van der Waals surface area contributed by atoms with Gasteiger partial charge in [-0.2, -0.15) is 0 Å². The number of aryl methyl sites for hydroxylation is 1. The van der Waals surface area contributed by atoms with E-state index < -0.39 is 17.7 Å². The van der Waals surface area contributed by atoms with Gasteiger partial charge in [-0.15, -0.1) is 0 Å². The fourth-order valence-corrected chi connectivity index (χ4v) is 4.03. The summed E-state index contributed by atoms with van der Waals surface area (Å²) in [4.78, 5) is 41.4. The molecular weight excluding hydrogens is 368 g/mol. The Kier molecular flexibility index (Phi) is 6.52. The van der Waals surface area contributed by atoms with Crippen molar-refractivity contribution in [3.8, 4) is 11.1 Å². The van der Waals surface area contributed by atoms with Crippen LogP contribution in [0.25, 0.3) is 11.1 Å². The maximum absolute atomic E-state index is 13.1. The molecule has 0 saturated heterocycles. The molecule has 1 aliphatic carbocycles. The second-order valence-electron chi connectivity index (χ2n) is 7.63. The van der Waals surface area contributed by atoms with Gasteiger partial charge in [-0.1, -0.05) is 50.1 Å². The van der Waals surface area contributed by atoms with Crippen LogP contribution in [-0.2, 0) is 9.53 Å². The maximum Gasteiger partial charge on any atom is 0.340 e. The van der Waals surface area contributed by atoms with Crippen molar-refractivity contribution in [1.29, 1.82) is 0 Å². The molecule has 6 nitrogen and oxygen atoms in total. The van der Waals surface area contributed by atoms with Crippen molar-refractivity contribution >= 4 is 17.7 Å². The molecule has 2 atom stereocenters. The molecule has 0 radical (unpaired) electrons. The molecule has 1 aromatic carbocycles. The van der Waals surface area contributed by atoms with Gasteiger partial charge in [0.1, 0.15) is 5.69 Å². The van der Waals surface area contributed by atoms with Crippen molar-refractivity contribution in [1.82, 2.24) is 10.3 Å². The summed E-state index contributed by atoms with van der Waals surface area (Å²) in [6, 6.07) is 9.12. The minimum Gasteiger partial charge on any atom is -0.462 e. The number of Topliss-reactive ketones (excluding diaryl/α,β-unsaturated/α-hetero) is 1. The molecule has 2 aromatic rings. The molecule has 0 bridgehead atoms. The van der Waals surface area contributed by atoms with E-state index in [-0.39, 0.29) is 18.3 Å². The van der Waals surface area contributed by atoms with Crippen molar-refractivity contribution in [2.24, 2.45) is 5.92 Å². The van der Waals surface area contributed by atoms with E-state index in [1.54, 1.807) is 13.8 Å². The van der Waals surface area contributed by atoms with Crippen LogP contribution >= 0.6 is 0 Å². The van der Waals surface area contributed by atoms with Gasteiger partial charge in [-0.25, -0.2) is 4.79 Å². The van der Waals surface area contributed by atoms with Crippen LogP contribution in [0.3, 0.4) is 0 Å². The summed E-state index contributed by atoms with van der Waals surface area (Å²) in [5.74, 6) is -1.48. The predicted molar refractivity (Wildman–Crippen MR) is 111 cm³/mol. The minimum atomic E-state index is -0.666. The SMILES string of the molecule is CCOC(=O)c1c(C)[nH]c(C(=O)C(=O)N[C@H]2CCCC[C@H]2C)c1-c1ccccc1. The molecule has 6 heteroatoms. The van der Waals surface area contributed by atoms with E-state index in [2.05, 4.69) is 17.2 Å². The van der Waals surface area contributed by atoms with E-state index in [1.807, 2.05) is 30.3 Å². The summed E-state index contributed by atoms with van der Waals surface area (Å²) in [5.41, 5.74) is 2.02. The number of rotatable bonds is 6. The number of ketones is 1. The molecule has 1 heterocycles. The van der Waals surface area contributed by atoms with Crippen molar-refractivity contribution in [2.75, 3.05) is 6.61 Å². The number of hydrogen-bond donors (Lipinski definition) is 2. The first-order chi connectivity index (χ1) is 13.9. The number of carbonyl (C=O) groups excluding carboxylic acids is 3. The third-order valence-electron chi connectivity index (χ3n) is 5.59. The standard InChI is InChI=1S/C23H28N2O4/c1-4-29-23(28)18-15(3)24-20(19(18)16-11-6-5-7-12-16)21(26)22(27)25-17-13-9-8-10-14(17)2/h5-7,11-12,14,17,24H,4,8-10,13H2,1-3H3,(H,25,27)/t14-,17+/m1/s1. The molecule has 1 amide bonds. The molecule has 1 aliphatic rings. The molecule has 1 saturated carbocycles. The summed E-state index contributed by atoms with van der Waals surface area (Å²) in [5, 5.41) is 2.90. The Morgan fingerprint density at radius 3 is 2.48 bits per heavy atom. The van der Waals surface area contributed by atoms with Crippen LogP contribution in [0.15, 0.2) is 30.3 Å². The van der Waals surface area contributed by atoms with Gasteiger partial charge >= 0.3 is 5.97 Å². The highest BCUT2D eigenvalue weighted by molar-refractivity contribution is 6.44. The number of esters is 1. The van der Waals surface area contributed by atoms with Crippen LogP contribution in [0.1, 0.15) is 66.1 Å². The summed E-state index contributed by atoms with van der Waals surface area (Å²) >= 11 is 0. The summed E-state index contributed by atoms with van der Waals surface area (Å²) in [7, 11) is 0. The van der Waals surface area contributed by atoms with Gasteiger partial charge < -0.3 is 15.0 Å². The average molecular weight is 396 g/mol. The molecule has 29 heavy (non-hydrogen) atoms. The summed E-state index contributed by atoms with van der Waals surface area (Å²) in [6.07, 6.45) is 4.12. The van der Waals surface area contributed by atoms with Crippen molar-refractivity contribution in [3.63, 3.8) is 0 Å². The molecule has 2 N–H and O–H groups in total. The average Bonchev–Trinajstić information content (AvgIpc) is 3.07. The monoisotopic (exact) mass is 396 g/mol. The fraction of sp³-hybridized carbons (Fsp3) is 0.435. The summed E-state index contributed by atoms with van der Waals surface area (Å²) in [6.45, 7) is 5.76. The van der Waals surface area contributed by atoms with Crippen LogP contribution in [0.2, 0.25) is 0 Å². The van der Waals surface area contributed by atoms with Gasteiger partial charge in [-0.3, -0.25) is 9.59 Å². The van der Waals surface area contributed by atoms with E-state index in [1.165, 1.54) is 0 Å². The first-order valence-corrected chi connectivity index (χ1v) is 10.2. The summed E-state index contributed by atoms with van der Waals surface area (Å²) < 4.78 is 5.19. The lowest BCUT2D eigenvalue weighted by atomic mass is 9.86. The fourth-order valence-electron chi connectivity index (χ4n) is 4.03. The highest BCUT2D eigenvalue weighted by Crippen LogP contribution is 2.31. The van der Waals surface area contributed by atoms with Crippen molar-refractivity contribution in [2.45, 2.75) is 52.5 Å². The normalized spacial score (nSPS) is 18.9. The van der Waals surface area contributed by atoms with Gasteiger partial charge in [0, 0.05) is 17.3 Å². The second kappa shape index (κ2) is 9.07. The number of benzene rings is 1. The molecular formula is C23H28N2O4. The van der Waals surface area contributed by atoms with Crippen LogP contribution in [0.5, 0.6) is 0 Å². The number of amides is 1. The van der Waals surface area contributed by atoms with E-state index in [0.717, 1.165) is 25.7 Å². The Labute approximate surface area is 171 Å². The van der Waals surface area contributed by atoms with Crippen LogP contribution in [-0.4, -0.2) is 35.3 Å². The molecule has 154 valence electrons. The van der Waals surface area contributed by atoms with Gasteiger partial charge in [0.25, 0.3) is 11.7 Å². The number of carbonyl (C=O) groups is 3. The maximum atomic E-state index is 13.1. The molecule has 1 aromatic heterocycles. The molecule has 0 unspecified atom stereocenters. The third-order valence-corrected chi connectivity index (χ3v) is 5.59. The lowest BCUT2D eigenvalue weighted by Crippen LogP contribution is -2.44. The highest BCUT2D eigenvalue weighted by Gasteiger charge is 2.31. The van der Waals surface area contributed by atoms with E-state index in [0.29, 0.717) is 28.3 Å². The van der Waals surface area contributed by atoms with E-state index >= 15 is 0 Å². The number of aromatic nitrogens is 1. The Bertz CT molecular complexity index is 901. The molecule has 1 fully saturated rings.